The van der Waals surface area contributed by atoms with Crippen LogP contribution in [0.3, 0.4) is 0 Å². The molecule has 2 aromatic rings. The van der Waals surface area contributed by atoms with Crippen LogP contribution in [0.5, 0.6) is 11.5 Å². The zero-order valence-corrected chi connectivity index (χ0v) is 17.7. The Labute approximate surface area is 175 Å². The number of rotatable bonds is 5. The van der Waals surface area contributed by atoms with E-state index in [0.29, 0.717) is 24.9 Å². The third-order valence-corrected chi connectivity index (χ3v) is 4.68. The Kier molecular flexibility index (Phi) is 7.38. The minimum absolute atomic E-state index is 0.109. The fourth-order valence-electron chi connectivity index (χ4n) is 1.63. The molecule has 0 fully saturated rings. The van der Waals surface area contributed by atoms with E-state index in [4.69, 9.17) is 27.9 Å². The number of hydrazone groups is 1. The van der Waals surface area contributed by atoms with Gasteiger partial charge in [0.1, 0.15) is 11.5 Å². The van der Waals surface area contributed by atoms with E-state index in [1.165, 1.54) is 12.3 Å². The molecule has 126 valence electrons. The van der Waals surface area contributed by atoms with Gasteiger partial charge >= 0.3 is 0 Å². The highest BCUT2D eigenvalue weighted by Crippen LogP contribution is 2.27. The number of phenolic OH excluding ortho intramolecular Hbond substituents is 1. The molecular weight excluding hydrogens is 581 g/mol. The minimum Gasteiger partial charge on any atom is -0.506 e. The van der Waals surface area contributed by atoms with E-state index in [9.17, 15) is 9.90 Å². The molecule has 1 amide bonds. The molecule has 0 radical (unpaired) electrons. The van der Waals surface area contributed by atoms with Crippen molar-refractivity contribution in [3.8, 4) is 11.5 Å². The maximum Gasteiger partial charge on any atom is 0.277 e. The lowest BCUT2D eigenvalue weighted by atomic mass is 10.2. The summed E-state index contributed by atoms with van der Waals surface area (Å²) in [5, 5.41) is 14.5. The second kappa shape index (κ2) is 9.07. The van der Waals surface area contributed by atoms with E-state index in [1.54, 1.807) is 18.2 Å². The largest absolute Gasteiger partial charge is 0.506 e. The van der Waals surface area contributed by atoms with Crippen LogP contribution in [-0.4, -0.2) is 23.8 Å². The number of ether oxygens (including phenoxy) is 1. The van der Waals surface area contributed by atoms with Crippen molar-refractivity contribution in [2.45, 2.75) is 0 Å². The van der Waals surface area contributed by atoms with Crippen LogP contribution in [0.15, 0.2) is 35.4 Å². The van der Waals surface area contributed by atoms with Gasteiger partial charge in [-0.15, -0.1) is 0 Å². The van der Waals surface area contributed by atoms with Crippen molar-refractivity contribution >= 4 is 80.5 Å². The van der Waals surface area contributed by atoms with Gasteiger partial charge in [0.25, 0.3) is 5.91 Å². The molecule has 0 atom stereocenters. The number of phenols is 1. The van der Waals surface area contributed by atoms with Gasteiger partial charge in [-0.1, -0.05) is 23.2 Å². The summed E-state index contributed by atoms with van der Waals surface area (Å²) in [6, 6.07) is 8.29. The van der Waals surface area contributed by atoms with E-state index in [-0.39, 0.29) is 12.4 Å². The molecule has 9 heteroatoms. The minimum atomic E-state index is -0.461. The van der Waals surface area contributed by atoms with Crippen LogP contribution >= 0.6 is 68.4 Å². The first kappa shape index (κ1) is 19.5. The summed E-state index contributed by atoms with van der Waals surface area (Å²) >= 11 is 15.9. The number of nitrogens with zero attached hydrogens (tertiary/aromatic N) is 1. The van der Waals surface area contributed by atoms with Gasteiger partial charge in [0.15, 0.2) is 6.61 Å². The van der Waals surface area contributed by atoms with E-state index in [1.807, 2.05) is 28.7 Å². The SMILES string of the molecule is O=C(COc1ccc(Cl)cc1Cl)N/N=C/c1cc(I)cc(I)c1O. The van der Waals surface area contributed by atoms with Crippen molar-refractivity contribution in [2.24, 2.45) is 5.10 Å². The standard InChI is InChI=1S/C15H10Cl2I2N2O3/c16-9-1-2-13(11(17)4-9)24-7-14(22)21-20-6-8-3-10(18)5-12(19)15(8)23/h1-6,23H,7H2,(H,21,22)/b20-6+. The number of benzene rings is 2. The van der Waals surface area contributed by atoms with Crippen LogP contribution in [0, 0.1) is 7.14 Å². The third kappa shape index (κ3) is 5.64. The highest BCUT2D eigenvalue weighted by molar-refractivity contribution is 14.1. The van der Waals surface area contributed by atoms with Gasteiger partial charge in [0.2, 0.25) is 0 Å². The number of nitrogens with one attached hydrogen (secondary N) is 1. The van der Waals surface area contributed by atoms with Crippen molar-refractivity contribution < 1.29 is 14.6 Å². The topological polar surface area (TPSA) is 70.9 Å². The molecule has 24 heavy (non-hydrogen) atoms. The zero-order chi connectivity index (χ0) is 17.7. The highest BCUT2D eigenvalue weighted by Gasteiger charge is 2.07. The fraction of sp³-hybridized carbons (Fsp3) is 0.0667. The Morgan fingerprint density at radius 3 is 2.75 bits per heavy atom. The van der Waals surface area contributed by atoms with Crippen molar-refractivity contribution in [2.75, 3.05) is 6.61 Å². The van der Waals surface area contributed by atoms with Crippen molar-refractivity contribution in [3.05, 3.63) is 53.1 Å². The fourth-order valence-corrected chi connectivity index (χ4v) is 3.98. The maximum atomic E-state index is 11.7. The van der Waals surface area contributed by atoms with Gasteiger partial charge in [-0.25, -0.2) is 5.43 Å². The lowest BCUT2D eigenvalue weighted by molar-refractivity contribution is -0.123. The second-order valence-corrected chi connectivity index (χ2v) is 7.73. The Morgan fingerprint density at radius 1 is 1.29 bits per heavy atom. The average Bonchev–Trinajstić information content (AvgIpc) is 2.51. The van der Waals surface area contributed by atoms with Crippen LogP contribution in [0.2, 0.25) is 10.0 Å². The summed E-state index contributed by atoms with van der Waals surface area (Å²) in [5.74, 6) is 0.000278. The Balaban J connectivity index is 1.91. The normalized spacial score (nSPS) is 10.8. The van der Waals surface area contributed by atoms with E-state index in [0.717, 1.165) is 3.57 Å². The predicted octanol–water partition coefficient (Wildman–Crippen LogP) is 4.44. The van der Waals surface area contributed by atoms with E-state index >= 15 is 0 Å². The van der Waals surface area contributed by atoms with Gasteiger partial charge in [-0.3, -0.25) is 4.79 Å². The summed E-state index contributed by atoms with van der Waals surface area (Å²) in [6.07, 6.45) is 1.37. The molecule has 0 heterocycles. The first-order valence-corrected chi connectivity index (χ1v) is 9.36. The molecular formula is C15H10Cl2I2N2O3. The molecule has 0 unspecified atom stereocenters. The second-order valence-electron chi connectivity index (χ2n) is 4.48. The number of carbonyl (C=O) groups is 1. The van der Waals surface area contributed by atoms with Gasteiger partial charge in [-0.05, 0) is 75.5 Å². The molecule has 2 N–H and O–H groups in total. The Morgan fingerprint density at radius 2 is 2.04 bits per heavy atom. The van der Waals surface area contributed by atoms with Gasteiger partial charge < -0.3 is 9.84 Å². The smallest absolute Gasteiger partial charge is 0.277 e. The number of hydrogen-bond acceptors (Lipinski definition) is 4. The molecule has 0 aliphatic rings. The molecule has 0 aliphatic heterocycles. The number of hydrogen-bond donors (Lipinski definition) is 2. The van der Waals surface area contributed by atoms with Crippen LogP contribution in [0.4, 0.5) is 0 Å². The summed E-state index contributed by atoms with van der Waals surface area (Å²) in [6.45, 7) is -0.255. The van der Waals surface area contributed by atoms with Crippen LogP contribution in [0.1, 0.15) is 5.56 Å². The Hall–Kier alpha value is -0.780. The van der Waals surface area contributed by atoms with E-state index in [2.05, 4.69) is 33.1 Å². The summed E-state index contributed by atoms with van der Waals surface area (Å²) in [4.78, 5) is 11.7. The molecule has 0 aliphatic carbocycles. The summed E-state index contributed by atoms with van der Waals surface area (Å²) in [5.41, 5.74) is 2.83. The molecule has 0 saturated heterocycles. The van der Waals surface area contributed by atoms with E-state index < -0.39 is 5.91 Å². The number of aromatic hydroxyl groups is 1. The van der Waals surface area contributed by atoms with Gasteiger partial charge in [0, 0.05) is 14.2 Å². The quantitative estimate of drug-likeness (QED) is 0.307. The van der Waals surface area contributed by atoms with Crippen molar-refractivity contribution in [1.29, 1.82) is 0 Å². The van der Waals surface area contributed by atoms with Crippen molar-refractivity contribution in [1.82, 2.24) is 5.43 Å². The average molecular weight is 591 g/mol. The number of amides is 1. The molecule has 0 bridgehead atoms. The summed E-state index contributed by atoms with van der Waals surface area (Å²) < 4.78 is 6.94. The molecule has 2 aromatic carbocycles. The van der Waals surface area contributed by atoms with Crippen LogP contribution < -0.4 is 10.2 Å². The molecule has 0 spiro atoms. The highest BCUT2D eigenvalue weighted by atomic mass is 127. The predicted molar refractivity (Wildman–Crippen MR) is 111 cm³/mol. The third-order valence-electron chi connectivity index (χ3n) is 2.70. The first-order chi connectivity index (χ1) is 11.4. The lowest BCUT2D eigenvalue weighted by Gasteiger charge is -2.07. The Bertz CT molecular complexity index is 801. The first-order valence-electron chi connectivity index (χ1n) is 6.44. The van der Waals surface area contributed by atoms with Crippen LogP contribution in [0.25, 0.3) is 0 Å². The van der Waals surface area contributed by atoms with Crippen LogP contribution in [-0.2, 0) is 4.79 Å². The van der Waals surface area contributed by atoms with Gasteiger partial charge in [0.05, 0.1) is 14.8 Å². The monoisotopic (exact) mass is 590 g/mol. The molecule has 2 rings (SSSR count). The molecule has 5 nitrogen and oxygen atoms in total. The summed E-state index contributed by atoms with van der Waals surface area (Å²) in [7, 11) is 0. The zero-order valence-electron chi connectivity index (χ0n) is 11.9. The van der Waals surface area contributed by atoms with Gasteiger partial charge in [-0.2, -0.15) is 5.10 Å². The number of halogens is 4. The molecule has 0 aromatic heterocycles. The molecule has 0 saturated carbocycles. The number of carbonyl (C=O) groups excluding carboxylic acids is 1. The maximum absolute atomic E-state index is 11.7. The lowest BCUT2D eigenvalue weighted by Crippen LogP contribution is -2.24. The van der Waals surface area contributed by atoms with Crippen molar-refractivity contribution in [3.63, 3.8) is 0 Å².